The summed E-state index contributed by atoms with van der Waals surface area (Å²) in [4.78, 5) is 15.4. The molecule has 1 aliphatic carbocycles. The number of nitriles is 1. The van der Waals surface area contributed by atoms with E-state index in [4.69, 9.17) is 16.7 Å². The maximum absolute atomic E-state index is 10.9. The highest BCUT2D eigenvalue weighted by molar-refractivity contribution is 6.32. The number of pyridine rings is 1. The molecule has 6 nitrogen and oxygen atoms in total. The molecular formula is C28H23ClN4O2. The highest BCUT2D eigenvalue weighted by Gasteiger charge is 2.29. The second-order valence-corrected chi connectivity index (χ2v) is 9.08. The van der Waals surface area contributed by atoms with Gasteiger partial charge in [0.1, 0.15) is 6.04 Å². The van der Waals surface area contributed by atoms with Crippen LogP contribution in [0.15, 0.2) is 66.9 Å². The molecule has 1 aromatic heterocycles. The fraction of sp³-hybridized carbons (Fsp3) is 0.179. The van der Waals surface area contributed by atoms with Crippen molar-refractivity contribution in [3.8, 4) is 6.07 Å². The van der Waals surface area contributed by atoms with Gasteiger partial charge in [-0.1, -0.05) is 48.4 Å². The number of hydrogen-bond donors (Lipinski definition) is 3. The van der Waals surface area contributed by atoms with Crippen LogP contribution in [0.2, 0.25) is 5.02 Å². The Bertz CT molecular complexity index is 1380. The lowest BCUT2D eigenvalue weighted by Gasteiger charge is -2.32. The molecule has 3 N–H and O–H groups in total. The first-order valence-corrected chi connectivity index (χ1v) is 11.8. The number of benzene rings is 2. The lowest BCUT2D eigenvalue weighted by atomic mass is 9.73. The fourth-order valence-electron chi connectivity index (χ4n) is 4.62. The molecule has 1 atom stereocenters. The molecule has 7 heteroatoms. The van der Waals surface area contributed by atoms with Crippen LogP contribution in [0, 0.1) is 17.2 Å². The SMILES string of the molecule is N#CC1NNc2ccc(/C(=C(/c3ccccc3Cl)C3CCC3)c3ccc(/C=C/C(=O)O)nc3)cc21. The number of allylic oxidation sites excluding steroid dienone is 1. The van der Waals surface area contributed by atoms with Gasteiger partial charge in [-0.15, -0.1) is 0 Å². The second-order valence-electron chi connectivity index (χ2n) is 8.67. The summed E-state index contributed by atoms with van der Waals surface area (Å²) in [6.45, 7) is 0. The van der Waals surface area contributed by atoms with Gasteiger partial charge >= 0.3 is 5.97 Å². The highest BCUT2D eigenvalue weighted by atomic mass is 35.5. The Balaban J connectivity index is 1.73. The zero-order valence-electron chi connectivity index (χ0n) is 18.8. The van der Waals surface area contributed by atoms with E-state index >= 15 is 0 Å². The molecule has 0 radical (unpaired) electrons. The van der Waals surface area contributed by atoms with Gasteiger partial charge in [-0.2, -0.15) is 5.26 Å². The van der Waals surface area contributed by atoms with Crippen molar-refractivity contribution in [2.75, 3.05) is 5.43 Å². The molecule has 2 heterocycles. The minimum Gasteiger partial charge on any atom is -0.478 e. The Morgan fingerprint density at radius 2 is 1.94 bits per heavy atom. The first-order chi connectivity index (χ1) is 17.0. The van der Waals surface area contributed by atoms with Gasteiger partial charge in [0, 0.05) is 28.4 Å². The third kappa shape index (κ3) is 4.57. The van der Waals surface area contributed by atoms with Crippen molar-refractivity contribution in [3.63, 3.8) is 0 Å². The van der Waals surface area contributed by atoms with Crippen molar-refractivity contribution in [2.45, 2.75) is 25.3 Å². The van der Waals surface area contributed by atoms with Crippen molar-refractivity contribution in [1.82, 2.24) is 10.4 Å². The smallest absolute Gasteiger partial charge is 0.328 e. The largest absolute Gasteiger partial charge is 0.478 e. The molecule has 0 spiro atoms. The van der Waals surface area contributed by atoms with Crippen molar-refractivity contribution in [1.29, 1.82) is 5.26 Å². The molecule has 174 valence electrons. The number of fused-ring (bicyclic) bond motifs is 1. The Labute approximate surface area is 208 Å². The van der Waals surface area contributed by atoms with Crippen molar-refractivity contribution in [2.24, 2.45) is 5.92 Å². The molecule has 3 aromatic rings. The summed E-state index contributed by atoms with van der Waals surface area (Å²) in [5, 5.41) is 19.2. The quantitative estimate of drug-likeness (QED) is 0.290. The summed E-state index contributed by atoms with van der Waals surface area (Å²) < 4.78 is 0. The average molecular weight is 483 g/mol. The first-order valence-electron chi connectivity index (χ1n) is 11.5. The summed E-state index contributed by atoms with van der Waals surface area (Å²) in [7, 11) is 0. The molecule has 1 fully saturated rings. The van der Waals surface area contributed by atoms with Crippen LogP contribution in [0.25, 0.3) is 17.2 Å². The van der Waals surface area contributed by atoms with E-state index in [1.54, 1.807) is 6.20 Å². The number of aromatic nitrogens is 1. The minimum atomic E-state index is -1.02. The van der Waals surface area contributed by atoms with Crippen LogP contribution in [0.3, 0.4) is 0 Å². The van der Waals surface area contributed by atoms with E-state index in [0.717, 1.165) is 58.9 Å². The number of nitrogens with one attached hydrogen (secondary N) is 2. The number of halogens is 1. The zero-order valence-corrected chi connectivity index (χ0v) is 19.6. The fourth-order valence-corrected chi connectivity index (χ4v) is 4.86. The molecule has 0 saturated heterocycles. The average Bonchev–Trinajstić information content (AvgIpc) is 3.25. The number of carbonyl (C=O) groups is 1. The number of aliphatic carboxylic acids is 1. The maximum atomic E-state index is 10.9. The number of hydrazine groups is 1. The lowest BCUT2D eigenvalue weighted by molar-refractivity contribution is -0.131. The zero-order chi connectivity index (χ0) is 24.4. The van der Waals surface area contributed by atoms with Gasteiger partial charge in [0.05, 0.1) is 17.5 Å². The number of rotatable bonds is 6. The van der Waals surface area contributed by atoms with Gasteiger partial charge in [0.25, 0.3) is 0 Å². The van der Waals surface area contributed by atoms with Crippen LogP contribution in [0.1, 0.15) is 53.3 Å². The Hall–Kier alpha value is -3.92. The molecule has 0 bridgehead atoms. The van der Waals surface area contributed by atoms with Crippen LogP contribution in [0.5, 0.6) is 0 Å². The normalized spacial score (nSPS) is 17.8. The monoisotopic (exact) mass is 482 g/mol. The number of anilines is 1. The summed E-state index contributed by atoms with van der Waals surface area (Å²) in [5.41, 5.74) is 13.5. The molecular weight excluding hydrogens is 460 g/mol. The van der Waals surface area contributed by atoms with Gasteiger partial charge in [-0.3, -0.25) is 4.98 Å². The molecule has 2 aromatic carbocycles. The summed E-state index contributed by atoms with van der Waals surface area (Å²) in [6.07, 6.45) is 7.64. The number of hydrogen-bond acceptors (Lipinski definition) is 5. The molecule has 1 saturated carbocycles. The van der Waals surface area contributed by atoms with E-state index in [-0.39, 0.29) is 0 Å². The lowest BCUT2D eigenvalue weighted by Crippen LogP contribution is -2.17. The van der Waals surface area contributed by atoms with E-state index in [1.807, 2.05) is 36.4 Å². The summed E-state index contributed by atoms with van der Waals surface area (Å²) in [5.74, 6) is -0.664. The van der Waals surface area contributed by atoms with Crippen molar-refractivity contribution >= 4 is 40.5 Å². The Morgan fingerprint density at radius 1 is 1.14 bits per heavy atom. The standard InChI is InChI=1S/C28H23ClN4O2/c29-23-7-2-1-6-21(23)28(17-4-3-5-17)27(19-8-10-20(31-16-19)11-13-26(34)35)18-9-12-24-22(14-18)25(15-30)33-32-24/h1-2,6-14,16-17,25,32-33H,3-5H2,(H,34,35)/b13-11+,28-27-. The molecule has 0 amide bonds. The predicted molar refractivity (Wildman–Crippen MR) is 137 cm³/mol. The van der Waals surface area contributed by atoms with Crippen LogP contribution >= 0.6 is 11.6 Å². The summed E-state index contributed by atoms with van der Waals surface area (Å²) in [6, 6.07) is 19.6. The molecule has 5 rings (SSSR count). The third-order valence-electron chi connectivity index (χ3n) is 6.55. The molecule has 2 aliphatic rings. The van der Waals surface area contributed by atoms with Gasteiger partial charge in [-0.05, 0) is 71.4 Å². The topological polar surface area (TPSA) is 98.0 Å². The van der Waals surface area contributed by atoms with Crippen molar-refractivity contribution < 1.29 is 9.90 Å². The van der Waals surface area contributed by atoms with Gasteiger partial charge in [0.15, 0.2) is 0 Å². The van der Waals surface area contributed by atoms with E-state index in [1.165, 1.54) is 11.6 Å². The first kappa shape index (κ1) is 22.9. The highest BCUT2D eigenvalue weighted by Crippen LogP contribution is 2.47. The second kappa shape index (κ2) is 9.75. The van der Waals surface area contributed by atoms with Gasteiger partial charge in [0.2, 0.25) is 0 Å². The molecule has 1 unspecified atom stereocenters. The maximum Gasteiger partial charge on any atom is 0.328 e. The number of nitrogens with zero attached hydrogens (tertiary/aromatic N) is 2. The van der Waals surface area contributed by atoms with Gasteiger partial charge < -0.3 is 10.5 Å². The predicted octanol–water partition coefficient (Wildman–Crippen LogP) is 6.09. The third-order valence-corrected chi connectivity index (χ3v) is 6.88. The van der Waals surface area contributed by atoms with Crippen LogP contribution < -0.4 is 10.9 Å². The van der Waals surface area contributed by atoms with E-state index in [2.05, 4.69) is 40.1 Å². The van der Waals surface area contributed by atoms with Crippen LogP contribution in [0.4, 0.5) is 5.69 Å². The molecule has 1 aliphatic heterocycles. The van der Waals surface area contributed by atoms with Crippen LogP contribution in [-0.4, -0.2) is 16.1 Å². The number of carboxylic acids is 1. The van der Waals surface area contributed by atoms with E-state index < -0.39 is 12.0 Å². The van der Waals surface area contributed by atoms with E-state index in [9.17, 15) is 10.1 Å². The Kier molecular flexibility index (Phi) is 6.37. The van der Waals surface area contributed by atoms with Gasteiger partial charge in [-0.25, -0.2) is 10.2 Å². The van der Waals surface area contributed by atoms with Crippen molar-refractivity contribution in [3.05, 3.63) is 99.8 Å². The molecule has 35 heavy (non-hydrogen) atoms. The summed E-state index contributed by atoms with van der Waals surface area (Å²) >= 11 is 6.72. The number of carboxylic acid groups (broad SMARTS) is 1. The minimum absolute atomic E-state index is 0.354. The van der Waals surface area contributed by atoms with Crippen LogP contribution in [-0.2, 0) is 4.79 Å². The Morgan fingerprint density at radius 3 is 2.60 bits per heavy atom. The van der Waals surface area contributed by atoms with E-state index in [0.29, 0.717) is 16.6 Å².